The van der Waals surface area contributed by atoms with Crippen molar-refractivity contribution in [1.29, 1.82) is 0 Å². The zero-order chi connectivity index (χ0) is 12.4. The van der Waals surface area contributed by atoms with Crippen LogP contribution in [0.25, 0.3) is 0 Å². The second-order valence-electron chi connectivity index (χ2n) is 4.18. The Morgan fingerprint density at radius 2 is 2.29 bits per heavy atom. The van der Waals surface area contributed by atoms with E-state index >= 15 is 0 Å². The Morgan fingerprint density at radius 3 is 2.88 bits per heavy atom. The van der Waals surface area contributed by atoms with Crippen LogP contribution >= 0.6 is 11.6 Å². The maximum Gasteiger partial charge on any atom is 0.293 e. The topological polar surface area (TPSA) is 75.4 Å². The molecule has 0 saturated heterocycles. The van der Waals surface area contributed by atoms with Gasteiger partial charge in [0, 0.05) is 12.6 Å². The highest BCUT2D eigenvalue weighted by molar-refractivity contribution is 6.33. The number of hydrogen-bond acceptors (Lipinski definition) is 4. The third-order valence-electron chi connectivity index (χ3n) is 2.84. The molecule has 17 heavy (non-hydrogen) atoms. The smallest absolute Gasteiger partial charge is 0.293 e. The van der Waals surface area contributed by atoms with E-state index in [0.29, 0.717) is 10.9 Å². The fourth-order valence-corrected chi connectivity index (χ4v) is 1.93. The van der Waals surface area contributed by atoms with Crippen molar-refractivity contribution in [2.45, 2.75) is 18.9 Å². The Hall–Kier alpha value is -1.33. The number of rotatable bonds is 5. The van der Waals surface area contributed by atoms with Crippen LogP contribution in [-0.4, -0.2) is 22.7 Å². The van der Waals surface area contributed by atoms with Gasteiger partial charge in [-0.25, -0.2) is 0 Å². The Labute approximate surface area is 104 Å². The number of aliphatic hydroxyl groups excluding tert-OH is 1. The molecule has 0 heterocycles. The number of para-hydroxylation sites is 1. The fourth-order valence-electron chi connectivity index (χ4n) is 1.69. The first-order valence-corrected chi connectivity index (χ1v) is 5.82. The molecule has 92 valence electrons. The van der Waals surface area contributed by atoms with Gasteiger partial charge in [-0.3, -0.25) is 10.1 Å². The summed E-state index contributed by atoms with van der Waals surface area (Å²) in [7, 11) is 0. The fraction of sp³-hybridized carbons (Fsp3) is 0.455. The van der Waals surface area contributed by atoms with Gasteiger partial charge in [0.25, 0.3) is 5.69 Å². The van der Waals surface area contributed by atoms with E-state index in [1.807, 2.05) is 0 Å². The van der Waals surface area contributed by atoms with Gasteiger partial charge in [0.1, 0.15) is 5.69 Å². The van der Waals surface area contributed by atoms with Crippen LogP contribution in [0.1, 0.15) is 12.8 Å². The van der Waals surface area contributed by atoms with Gasteiger partial charge in [0.15, 0.2) is 0 Å². The summed E-state index contributed by atoms with van der Waals surface area (Å²) in [6, 6.07) is 4.50. The molecule has 0 radical (unpaired) electrons. The number of nitro groups is 1. The lowest BCUT2D eigenvalue weighted by Crippen LogP contribution is -2.21. The first-order valence-electron chi connectivity index (χ1n) is 5.44. The van der Waals surface area contributed by atoms with Gasteiger partial charge in [-0.1, -0.05) is 17.7 Å². The standard InChI is InChI=1S/C11H13ClN2O3/c12-8-2-1-3-9(14(16)17)11(8)13-6-10(15)7-4-5-7/h1-3,7,10,13,15H,4-6H2. The molecule has 5 nitrogen and oxygen atoms in total. The number of aliphatic hydroxyl groups is 1. The Kier molecular flexibility index (Phi) is 3.49. The van der Waals surface area contributed by atoms with Crippen LogP contribution in [0.4, 0.5) is 11.4 Å². The van der Waals surface area contributed by atoms with E-state index < -0.39 is 11.0 Å². The molecule has 0 spiro atoms. The summed E-state index contributed by atoms with van der Waals surface area (Å²) in [5, 5.41) is 23.7. The zero-order valence-electron chi connectivity index (χ0n) is 9.10. The molecule has 0 bridgehead atoms. The number of nitro benzene ring substituents is 1. The van der Waals surface area contributed by atoms with Crippen LogP contribution in [0.15, 0.2) is 18.2 Å². The molecule has 0 amide bonds. The zero-order valence-corrected chi connectivity index (χ0v) is 9.85. The molecule has 1 atom stereocenters. The minimum atomic E-state index is -0.488. The molecule has 1 unspecified atom stereocenters. The summed E-state index contributed by atoms with van der Waals surface area (Å²) in [5.41, 5.74) is 0.208. The van der Waals surface area contributed by atoms with Gasteiger partial charge < -0.3 is 10.4 Å². The third-order valence-corrected chi connectivity index (χ3v) is 3.16. The number of nitrogens with zero attached hydrogens (tertiary/aromatic N) is 1. The molecule has 1 saturated carbocycles. The monoisotopic (exact) mass is 256 g/mol. The molecule has 2 N–H and O–H groups in total. The lowest BCUT2D eigenvalue weighted by Gasteiger charge is -2.12. The van der Waals surface area contributed by atoms with Crippen molar-refractivity contribution in [2.75, 3.05) is 11.9 Å². The van der Waals surface area contributed by atoms with Crippen LogP contribution in [0.2, 0.25) is 5.02 Å². The largest absolute Gasteiger partial charge is 0.391 e. The first kappa shape index (κ1) is 12.1. The van der Waals surface area contributed by atoms with Gasteiger partial charge in [-0.05, 0) is 24.8 Å². The van der Waals surface area contributed by atoms with Crippen molar-refractivity contribution in [3.8, 4) is 0 Å². The van der Waals surface area contributed by atoms with Crippen molar-refractivity contribution < 1.29 is 10.0 Å². The third kappa shape index (κ3) is 2.87. The van der Waals surface area contributed by atoms with Crippen molar-refractivity contribution in [1.82, 2.24) is 0 Å². The predicted octanol–water partition coefficient (Wildman–Crippen LogP) is 2.43. The van der Waals surface area contributed by atoms with Gasteiger partial charge in [0.2, 0.25) is 0 Å². The summed E-state index contributed by atoms with van der Waals surface area (Å²) in [4.78, 5) is 10.3. The van der Waals surface area contributed by atoms with Gasteiger partial charge in [0.05, 0.1) is 16.0 Å². The second kappa shape index (κ2) is 4.89. The summed E-state index contributed by atoms with van der Waals surface area (Å²) < 4.78 is 0. The van der Waals surface area contributed by atoms with Crippen molar-refractivity contribution in [3.05, 3.63) is 33.3 Å². The average molecular weight is 257 g/mol. The molecule has 2 rings (SSSR count). The van der Waals surface area contributed by atoms with Gasteiger partial charge >= 0.3 is 0 Å². The molecule has 0 aromatic heterocycles. The van der Waals surface area contributed by atoms with Crippen LogP contribution < -0.4 is 5.32 Å². The number of hydrogen-bond donors (Lipinski definition) is 2. The van der Waals surface area contributed by atoms with E-state index in [1.165, 1.54) is 12.1 Å². The van der Waals surface area contributed by atoms with Crippen LogP contribution in [0, 0.1) is 16.0 Å². The minimum Gasteiger partial charge on any atom is -0.391 e. The van der Waals surface area contributed by atoms with Crippen LogP contribution in [0.5, 0.6) is 0 Å². The second-order valence-corrected chi connectivity index (χ2v) is 4.58. The molecule has 0 aliphatic heterocycles. The Balaban J connectivity index is 2.10. The summed E-state index contributed by atoms with van der Waals surface area (Å²) in [5.74, 6) is 0.323. The van der Waals surface area contributed by atoms with Crippen molar-refractivity contribution in [3.63, 3.8) is 0 Å². The van der Waals surface area contributed by atoms with E-state index in [9.17, 15) is 15.2 Å². The van der Waals surface area contributed by atoms with Gasteiger partial charge in [-0.2, -0.15) is 0 Å². The van der Waals surface area contributed by atoms with Gasteiger partial charge in [-0.15, -0.1) is 0 Å². The molecule has 1 aromatic carbocycles. The summed E-state index contributed by atoms with van der Waals surface area (Å²) in [6.45, 7) is 0.287. The molecular weight excluding hydrogens is 244 g/mol. The van der Waals surface area contributed by atoms with E-state index in [1.54, 1.807) is 6.07 Å². The molecule has 1 aliphatic rings. The molecular formula is C11H13ClN2O3. The Morgan fingerprint density at radius 1 is 1.59 bits per heavy atom. The predicted molar refractivity (Wildman–Crippen MR) is 65.3 cm³/mol. The van der Waals surface area contributed by atoms with Crippen LogP contribution in [0.3, 0.4) is 0 Å². The molecule has 1 fully saturated rings. The SMILES string of the molecule is O=[N+]([O-])c1cccc(Cl)c1NCC(O)C1CC1. The van der Waals surface area contributed by atoms with E-state index in [0.717, 1.165) is 12.8 Å². The van der Waals surface area contributed by atoms with E-state index in [-0.39, 0.29) is 17.9 Å². The first-order chi connectivity index (χ1) is 8.09. The number of anilines is 1. The van der Waals surface area contributed by atoms with E-state index in [2.05, 4.69) is 5.32 Å². The maximum absolute atomic E-state index is 10.8. The van der Waals surface area contributed by atoms with Crippen molar-refractivity contribution >= 4 is 23.0 Å². The molecule has 6 heteroatoms. The molecule has 1 aliphatic carbocycles. The number of nitrogens with one attached hydrogen (secondary N) is 1. The Bertz CT molecular complexity index is 435. The molecule has 1 aromatic rings. The normalized spacial score (nSPS) is 16.6. The average Bonchev–Trinajstić information content (AvgIpc) is 3.10. The lowest BCUT2D eigenvalue weighted by atomic mass is 10.2. The highest BCUT2D eigenvalue weighted by Crippen LogP contribution is 2.35. The highest BCUT2D eigenvalue weighted by atomic mass is 35.5. The minimum absolute atomic E-state index is 0.0690. The maximum atomic E-state index is 10.8. The quantitative estimate of drug-likeness (QED) is 0.627. The number of benzene rings is 1. The summed E-state index contributed by atoms with van der Waals surface area (Å²) >= 11 is 5.90. The lowest BCUT2D eigenvalue weighted by molar-refractivity contribution is -0.383. The van der Waals surface area contributed by atoms with E-state index in [4.69, 9.17) is 11.6 Å². The highest BCUT2D eigenvalue weighted by Gasteiger charge is 2.30. The number of halogens is 1. The van der Waals surface area contributed by atoms with Crippen molar-refractivity contribution in [2.24, 2.45) is 5.92 Å². The summed E-state index contributed by atoms with van der Waals surface area (Å²) in [6.07, 6.45) is 1.58. The van der Waals surface area contributed by atoms with Crippen LogP contribution in [-0.2, 0) is 0 Å².